The molecule has 0 N–H and O–H groups in total. The third-order valence-electron chi connectivity index (χ3n) is 3.36. The predicted octanol–water partition coefficient (Wildman–Crippen LogP) is 4.56. The quantitative estimate of drug-likeness (QED) is 0.465. The standard InChI is InChI=1S/C19H15BrN2O3/c1-13-5-4-6-14(11-13)9-10-18(23)24-12-17-21-22-19(25-17)15-7-2-3-8-16(15)20/h2-11H,12H2,1H3/b10-9+. The Morgan fingerprint density at radius 3 is 2.84 bits per heavy atom. The summed E-state index contributed by atoms with van der Waals surface area (Å²) in [6.07, 6.45) is 3.08. The highest BCUT2D eigenvalue weighted by Crippen LogP contribution is 2.26. The van der Waals surface area contributed by atoms with Gasteiger partial charge in [-0.25, -0.2) is 4.79 Å². The van der Waals surface area contributed by atoms with Gasteiger partial charge >= 0.3 is 5.97 Å². The molecule has 3 rings (SSSR count). The zero-order valence-corrected chi connectivity index (χ0v) is 15.1. The molecule has 0 amide bonds. The number of aryl methyl sites for hydroxylation is 1. The van der Waals surface area contributed by atoms with Crippen molar-refractivity contribution >= 4 is 28.0 Å². The second kappa shape index (κ2) is 7.90. The first kappa shape index (κ1) is 17.1. The number of ether oxygens (including phenoxy) is 1. The van der Waals surface area contributed by atoms with Gasteiger partial charge in [0.15, 0.2) is 6.61 Å². The summed E-state index contributed by atoms with van der Waals surface area (Å²) in [6.45, 7) is 1.92. The molecule has 0 atom stereocenters. The maximum atomic E-state index is 11.8. The summed E-state index contributed by atoms with van der Waals surface area (Å²) in [6, 6.07) is 15.3. The number of nitrogens with zero attached hydrogens (tertiary/aromatic N) is 2. The Morgan fingerprint density at radius 2 is 2.04 bits per heavy atom. The molecule has 25 heavy (non-hydrogen) atoms. The highest BCUT2D eigenvalue weighted by Gasteiger charge is 2.12. The fraction of sp³-hybridized carbons (Fsp3) is 0.105. The molecule has 1 aromatic heterocycles. The van der Waals surface area contributed by atoms with E-state index in [1.807, 2.05) is 55.5 Å². The predicted molar refractivity (Wildman–Crippen MR) is 97.4 cm³/mol. The molecule has 126 valence electrons. The van der Waals surface area contributed by atoms with Crippen molar-refractivity contribution in [2.75, 3.05) is 0 Å². The second-order valence-electron chi connectivity index (χ2n) is 5.34. The summed E-state index contributed by atoms with van der Waals surface area (Å²) in [4.78, 5) is 11.8. The van der Waals surface area contributed by atoms with E-state index >= 15 is 0 Å². The van der Waals surface area contributed by atoms with Crippen LogP contribution >= 0.6 is 15.9 Å². The molecular formula is C19H15BrN2O3. The maximum absolute atomic E-state index is 11.8. The molecule has 5 nitrogen and oxygen atoms in total. The molecule has 0 spiro atoms. The molecule has 1 heterocycles. The second-order valence-corrected chi connectivity index (χ2v) is 6.19. The Hall–Kier alpha value is -2.73. The lowest BCUT2D eigenvalue weighted by Gasteiger charge is -1.99. The van der Waals surface area contributed by atoms with E-state index in [0.29, 0.717) is 5.89 Å². The topological polar surface area (TPSA) is 65.2 Å². The van der Waals surface area contributed by atoms with Crippen molar-refractivity contribution < 1.29 is 13.9 Å². The molecule has 0 aliphatic carbocycles. The summed E-state index contributed by atoms with van der Waals surface area (Å²) in [5.74, 6) is 0.138. The number of carbonyl (C=O) groups is 1. The molecule has 0 bridgehead atoms. The van der Waals surface area contributed by atoms with Crippen LogP contribution in [0.2, 0.25) is 0 Å². The zero-order chi connectivity index (χ0) is 17.6. The third kappa shape index (κ3) is 4.64. The molecule has 3 aromatic rings. The first-order chi connectivity index (χ1) is 12.1. The molecule has 0 saturated carbocycles. The van der Waals surface area contributed by atoms with Crippen LogP contribution in [0.4, 0.5) is 0 Å². The van der Waals surface area contributed by atoms with Gasteiger partial charge in [0.1, 0.15) is 0 Å². The van der Waals surface area contributed by atoms with Gasteiger partial charge in [-0.3, -0.25) is 0 Å². The van der Waals surface area contributed by atoms with Crippen LogP contribution in [0.1, 0.15) is 17.0 Å². The minimum atomic E-state index is -0.470. The smallest absolute Gasteiger partial charge is 0.331 e. The lowest BCUT2D eigenvalue weighted by Crippen LogP contribution is -2.00. The number of halogens is 1. The molecule has 2 aromatic carbocycles. The van der Waals surface area contributed by atoms with Crippen molar-refractivity contribution in [1.82, 2.24) is 10.2 Å². The molecule has 0 aliphatic rings. The Labute approximate surface area is 153 Å². The summed E-state index contributed by atoms with van der Waals surface area (Å²) < 4.78 is 11.5. The molecule has 0 radical (unpaired) electrons. The lowest BCUT2D eigenvalue weighted by atomic mass is 10.1. The van der Waals surface area contributed by atoms with E-state index in [2.05, 4.69) is 26.1 Å². The van der Waals surface area contributed by atoms with E-state index in [-0.39, 0.29) is 12.5 Å². The summed E-state index contributed by atoms with van der Waals surface area (Å²) in [5.41, 5.74) is 2.85. The van der Waals surface area contributed by atoms with Gasteiger partial charge in [0.25, 0.3) is 5.89 Å². The van der Waals surface area contributed by atoms with Crippen LogP contribution in [0.3, 0.4) is 0 Å². The molecule has 0 unspecified atom stereocenters. The minimum Gasteiger partial charge on any atom is -0.452 e. The third-order valence-corrected chi connectivity index (χ3v) is 4.05. The fourth-order valence-electron chi connectivity index (χ4n) is 2.17. The van der Waals surface area contributed by atoms with Crippen molar-refractivity contribution in [3.8, 4) is 11.5 Å². The van der Waals surface area contributed by atoms with Crippen molar-refractivity contribution in [2.45, 2.75) is 13.5 Å². The van der Waals surface area contributed by atoms with Crippen LogP contribution in [0.5, 0.6) is 0 Å². The van der Waals surface area contributed by atoms with E-state index in [9.17, 15) is 4.79 Å². The first-order valence-corrected chi connectivity index (χ1v) is 8.40. The highest BCUT2D eigenvalue weighted by atomic mass is 79.9. The first-order valence-electron chi connectivity index (χ1n) is 7.60. The Bertz CT molecular complexity index is 918. The van der Waals surface area contributed by atoms with E-state index in [0.717, 1.165) is 21.2 Å². The number of benzene rings is 2. The lowest BCUT2D eigenvalue weighted by molar-refractivity contribution is -0.139. The van der Waals surface area contributed by atoms with Gasteiger partial charge < -0.3 is 9.15 Å². The number of rotatable bonds is 5. The molecule has 0 fully saturated rings. The molecule has 6 heteroatoms. The molecular weight excluding hydrogens is 384 g/mol. The number of aromatic nitrogens is 2. The normalized spacial score (nSPS) is 11.0. The monoisotopic (exact) mass is 398 g/mol. The Balaban J connectivity index is 1.59. The summed E-state index contributed by atoms with van der Waals surface area (Å²) in [7, 11) is 0. The van der Waals surface area contributed by atoms with Crippen LogP contribution < -0.4 is 0 Å². The maximum Gasteiger partial charge on any atom is 0.331 e. The van der Waals surface area contributed by atoms with Gasteiger partial charge in [-0.05, 0) is 46.6 Å². The highest BCUT2D eigenvalue weighted by molar-refractivity contribution is 9.10. The van der Waals surface area contributed by atoms with E-state index in [1.54, 1.807) is 6.08 Å². The number of hydrogen-bond acceptors (Lipinski definition) is 5. The zero-order valence-electron chi connectivity index (χ0n) is 13.5. The Kier molecular flexibility index (Phi) is 5.40. The molecule has 0 saturated heterocycles. The van der Waals surface area contributed by atoms with Crippen molar-refractivity contribution in [3.05, 3.63) is 76.1 Å². The average molecular weight is 399 g/mol. The van der Waals surface area contributed by atoms with Crippen molar-refractivity contribution in [3.63, 3.8) is 0 Å². The van der Waals surface area contributed by atoms with Gasteiger partial charge in [0.2, 0.25) is 5.89 Å². The van der Waals surface area contributed by atoms with Gasteiger partial charge in [-0.1, -0.05) is 42.0 Å². The van der Waals surface area contributed by atoms with Gasteiger partial charge in [0.05, 0.1) is 5.56 Å². The average Bonchev–Trinajstić information content (AvgIpc) is 3.07. The number of esters is 1. The van der Waals surface area contributed by atoms with Crippen LogP contribution in [-0.2, 0) is 16.1 Å². The van der Waals surface area contributed by atoms with Crippen LogP contribution in [0.15, 0.2) is 63.5 Å². The molecule has 0 aliphatic heterocycles. The van der Waals surface area contributed by atoms with Crippen LogP contribution in [0, 0.1) is 6.92 Å². The Morgan fingerprint density at radius 1 is 1.20 bits per heavy atom. The summed E-state index contributed by atoms with van der Waals surface area (Å²) in [5, 5.41) is 7.87. The van der Waals surface area contributed by atoms with E-state index in [4.69, 9.17) is 9.15 Å². The minimum absolute atomic E-state index is 0.0750. The SMILES string of the molecule is Cc1cccc(/C=C/C(=O)OCc2nnc(-c3ccccc3Br)o2)c1. The van der Waals surface area contributed by atoms with Crippen molar-refractivity contribution in [2.24, 2.45) is 0 Å². The van der Waals surface area contributed by atoms with Gasteiger partial charge in [-0.2, -0.15) is 0 Å². The van der Waals surface area contributed by atoms with Gasteiger partial charge in [-0.15, -0.1) is 10.2 Å². The number of carbonyl (C=O) groups excluding carboxylic acids is 1. The van der Waals surface area contributed by atoms with Crippen molar-refractivity contribution in [1.29, 1.82) is 0 Å². The number of hydrogen-bond donors (Lipinski definition) is 0. The van der Waals surface area contributed by atoms with Crippen LogP contribution in [0.25, 0.3) is 17.5 Å². The fourth-order valence-corrected chi connectivity index (χ4v) is 2.63. The largest absolute Gasteiger partial charge is 0.452 e. The van der Waals surface area contributed by atoms with Gasteiger partial charge in [0, 0.05) is 10.5 Å². The summed E-state index contributed by atoms with van der Waals surface area (Å²) >= 11 is 3.43. The van der Waals surface area contributed by atoms with E-state index in [1.165, 1.54) is 6.08 Å². The van der Waals surface area contributed by atoms with Crippen LogP contribution in [-0.4, -0.2) is 16.2 Å². The van der Waals surface area contributed by atoms with E-state index < -0.39 is 5.97 Å².